The van der Waals surface area contributed by atoms with Gasteiger partial charge in [-0.3, -0.25) is 9.59 Å². The molecule has 2 atom stereocenters. The van der Waals surface area contributed by atoms with E-state index in [1.165, 1.54) is 18.7 Å². The van der Waals surface area contributed by atoms with E-state index in [9.17, 15) is 22.8 Å². The summed E-state index contributed by atoms with van der Waals surface area (Å²) in [5.41, 5.74) is 0.447. The minimum Gasteiger partial charge on any atom is -0.452 e. The Morgan fingerprint density at radius 1 is 1.15 bits per heavy atom. The minimum absolute atomic E-state index is 0.193. The molecule has 2 unspecified atom stereocenters. The summed E-state index contributed by atoms with van der Waals surface area (Å²) in [7, 11) is 0. The number of anilines is 1. The fourth-order valence-corrected chi connectivity index (χ4v) is 3.78. The van der Waals surface area contributed by atoms with Crippen LogP contribution in [0, 0.1) is 0 Å². The second kappa shape index (κ2) is 7.64. The van der Waals surface area contributed by atoms with Gasteiger partial charge in [-0.05, 0) is 49.2 Å². The molecular formula is C19H16F3NO3S. The highest BCUT2D eigenvalue weighted by atomic mass is 32.2. The first-order chi connectivity index (χ1) is 12.7. The Morgan fingerprint density at radius 3 is 2.44 bits per heavy atom. The van der Waals surface area contributed by atoms with Gasteiger partial charge in [0, 0.05) is 10.6 Å². The third-order valence-electron chi connectivity index (χ3n) is 4.05. The van der Waals surface area contributed by atoms with Gasteiger partial charge in [-0.1, -0.05) is 18.2 Å². The van der Waals surface area contributed by atoms with Crippen LogP contribution in [0.1, 0.15) is 18.1 Å². The van der Waals surface area contributed by atoms with E-state index >= 15 is 0 Å². The van der Waals surface area contributed by atoms with E-state index in [-0.39, 0.29) is 5.69 Å². The molecule has 3 rings (SSSR count). The van der Waals surface area contributed by atoms with E-state index in [2.05, 4.69) is 5.32 Å². The van der Waals surface area contributed by atoms with Gasteiger partial charge in [-0.25, -0.2) is 0 Å². The molecule has 1 aliphatic rings. The lowest BCUT2D eigenvalue weighted by Crippen LogP contribution is -2.33. The molecule has 1 N–H and O–H groups in total. The molecule has 0 spiro atoms. The maximum atomic E-state index is 12.6. The van der Waals surface area contributed by atoms with Crippen molar-refractivity contribution in [1.82, 2.24) is 0 Å². The van der Waals surface area contributed by atoms with Gasteiger partial charge in [0.25, 0.3) is 5.91 Å². The molecular weight excluding hydrogens is 379 g/mol. The molecule has 4 nitrogen and oxygen atoms in total. The number of rotatable bonds is 4. The molecule has 1 heterocycles. The summed E-state index contributed by atoms with van der Waals surface area (Å²) in [6.45, 7) is 1.42. The Kier molecular flexibility index (Phi) is 5.46. The predicted octanol–water partition coefficient (Wildman–Crippen LogP) is 4.29. The smallest absolute Gasteiger partial charge is 0.416 e. The van der Waals surface area contributed by atoms with Crippen molar-refractivity contribution in [2.24, 2.45) is 0 Å². The van der Waals surface area contributed by atoms with Crippen LogP contribution in [0.25, 0.3) is 0 Å². The van der Waals surface area contributed by atoms with Gasteiger partial charge in [0.15, 0.2) is 6.10 Å². The Bertz CT molecular complexity index is 827. The van der Waals surface area contributed by atoms with Crippen LogP contribution in [0.2, 0.25) is 0 Å². The standard InChI is InChI=1S/C19H16F3NO3S/c1-11(17(24)23-14-8-6-13(7-9-14)19(20,21)22)26-18(25)16-10-12-4-2-3-5-15(12)27-16/h2-9,11,16H,10H2,1H3,(H,23,24). The highest BCUT2D eigenvalue weighted by Crippen LogP contribution is 2.37. The third kappa shape index (κ3) is 4.63. The quantitative estimate of drug-likeness (QED) is 0.785. The van der Waals surface area contributed by atoms with E-state index < -0.39 is 35.0 Å². The molecule has 8 heteroatoms. The van der Waals surface area contributed by atoms with E-state index in [0.717, 1.165) is 34.7 Å². The number of ether oxygens (including phenoxy) is 1. The summed E-state index contributed by atoms with van der Waals surface area (Å²) in [6.07, 6.45) is -4.97. The normalized spacial score (nSPS) is 17.1. The molecule has 1 amide bonds. The van der Waals surface area contributed by atoms with Gasteiger partial charge in [0.2, 0.25) is 0 Å². The summed E-state index contributed by atoms with van der Waals surface area (Å²) < 4.78 is 42.9. The number of alkyl halides is 3. The molecule has 0 saturated carbocycles. The van der Waals surface area contributed by atoms with Gasteiger partial charge in [0.05, 0.1) is 5.56 Å². The summed E-state index contributed by atoms with van der Waals surface area (Å²) in [5, 5.41) is 2.03. The minimum atomic E-state index is -4.44. The number of fused-ring (bicyclic) bond motifs is 1. The zero-order valence-corrected chi connectivity index (χ0v) is 15.1. The monoisotopic (exact) mass is 395 g/mol. The Balaban J connectivity index is 1.54. The van der Waals surface area contributed by atoms with Gasteiger partial charge in [0.1, 0.15) is 5.25 Å². The van der Waals surface area contributed by atoms with Gasteiger partial charge >= 0.3 is 12.1 Å². The van der Waals surface area contributed by atoms with E-state index in [1.807, 2.05) is 24.3 Å². The highest BCUT2D eigenvalue weighted by Gasteiger charge is 2.32. The number of carbonyl (C=O) groups excluding carboxylic acids is 2. The lowest BCUT2D eigenvalue weighted by molar-refractivity contribution is -0.152. The third-order valence-corrected chi connectivity index (χ3v) is 5.35. The molecule has 1 aliphatic heterocycles. The lowest BCUT2D eigenvalue weighted by Gasteiger charge is -2.16. The van der Waals surface area contributed by atoms with Crippen molar-refractivity contribution in [2.45, 2.75) is 35.8 Å². The largest absolute Gasteiger partial charge is 0.452 e. The SMILES string of the molecule is CC(OC(=O)C1Cc2ccccc2S1)C(=O)Nc1ccc(C(F)(F)F)cc1. The number of benzene rings is 2. The van der Waals surface area contributed by atoms with Crippen molar-refractivity contribution in [3.8, 4) is 0 Å². The number of nitrogens with one attached hydrogen (secondary N) is 1. The maximum Gasteiger partial charge on any atom is 0.416 e. The molecule has 0 fully saturated rings. The van der Waals surface area contributed by atoms with Gasteiger partial charge in [-0.15, -0.1) is 11.8 Å². The van der Waals surface area contributed by atoms with Crippen LogP contribution in [-0.4, -0.2) is 23.2 Å². The average Bonchev–Trinajstić information content (AvgIpc) is 3.05. The van der Waals surface area contributed by atoms with Crippen molar-refractivity contribution in [1.29, 1.82) is 0 Å². The van der Waals surface area contributed by atoms with Crippen LogP contribution in [0.4, 0.5) is 18.9 Å². The number of carbonyl (C=O) groups is 2. The van der Waals surface area contributed by atoms with Crippen LogP contribution in [0.3, 0.4) is 0 Å². The Labute approximate surface area is 158 Å². The van der Waals surface area contributed by atoms with Crippen molar-refractivity contribution in [3.05, 3.63) is 59.7 Å². The number of thioether (sulfide) groups is 1. The Morgan fingerprint density at radius 2 is 1.81 bits per heavy atom. The zero-order chi connectivity index (χ0) is 19.6. The van der Waals surface area contributed by atoms with Gasteiger partial charge in [-0.2, -0.15) is 13.2 Å². The summed E-state index contributed by atoms with van der Waals surface area (Å²) in [6, 6.07) is 11.7. The van der Waals surface area contributed by atoms with Crippen LogP contribution in [-0.2, 0) is 26.9 Å². The van der Waals surface area contributed by atoms with E-state index in [0.29, 0.717) is 6.42 Å². The number of esters is 1. The molecule has 2 aromatic rings. The summed E-state index contributed by atoms with van der Waals surface area (Å²) in [5.74, 6) is -1.10. The molecule has 0 radical (unpaired) electrons. The number of halogens is 3. The zero-order valence-electron chi connectivity index (χ0n) is 14.2. The van der Waals surface area contributed by atoms with Crippen LogP contribution in [0.15, 0.2) is 53.4 Å². The van der Waals surface area contributed by atoms with Crippen molar-refractivity contribution < 1.29 is 27.5 Å². The molecule has 142 valence electrons. The summed E-state index contributed by atoms with van der Waals surface area (Å²) in [4.78, 5) is 25.4. The number of amides is 1. The van der Waals surface area contributed by atoms with Crippen LogP contribution < -0.4 is 5.32 Å². The first kappa shape index (κ1) is 19.3. The molecule has 0 saturated heterocycles. The Hall–Kier alpha value is -2.48. The van der Waals surface area contributed by atoms with E-state index in [4.69, 9.17) is 4.74 Å². The first-order valence-electron chi connectivity index (χ1n) is 8.17. The highest BCUT2D eigenvalue weighted by molar-refractivity contribution is 8.01. The maximum absolute atomic E-state index is 12.6. The molecule has 0 aliphatic carbocycles. The van der Waals surface area contributed by atoms with Crippen LogP contribution >= 0.6 is 11.8 Å². The number of hydrogen-bond donors (Lipinski definition) is 1. The summed E-state index contributed by atoms with van der Waals surface area (Å²) >= 11 is 1.39. The van der Waals surface area contributed by atoms with Crippen LogP contribution in [0.5, 0.6) is 0 Å². The lowest BCUT2D eigenvalue weighted by atomic mass is 10.1. The fraction of sp³-hybridized carbons (Fsp3) is 0.263. The molecule has 0 aromatic heterocycles. The number of hydrogen-bond acceptors (Lipinski definition) is 4. The fourth-order valence-electron chi connectivity index (χ4n) is 2.60. The van der Waals surface area contributed by atoms with E-state index in [1.54, 1.807) is 0 Å². The van der Waals surface area contributed by atoms with Gasteiger partial charge < -0.3 is 10.1 Å². The molecule has 27 heavy (non-hydrogen) atoms. The average molecular weight is 395 g/mol. The first-order valence-corrected chi connectivity index (χ1v) is 9.05. The second-order valence-electron chi connectivity index (χ2n) is 6.06. The van der Waals surface area contributed by atoms with Crippen molar-refractivity contribution >= 4 is 29.3 Å². The molecule has 2 aromatic carbocycles. The molecule has 0 bridgehead atoms. The topological polar surface area (TPSA) is 55.4 Å². The van der Waals surface area contributed by atoms with Crippen molar-refractivity contribution in [2.75, 3.05) is 5.32 Å². The predicted molar refractivity (Wildman–Crippen MR) is 95.4 cm³/mol. The second-order valence-corrected chi connectivity index (χ2v) is 7.31. The van der Waals surface area contributed by atoms with Crippen molar-refractivity contribution in [3.63, 3.8) is 0 Å².